The van der Waals surface area contributed by atoms with E-state index < -0.39 is 0 Å². The SMILES string of the molecule is COc1ccc(CNC(=O)c2cnccc2Cl)cn1. The molecule has 6 heteroatoms. The van der Waals surface area contributed by atoms with Crippen molar-refractivity contribution in [2.45, 2.75) is 6.54 Å². The number of halogens is 1. The summed E-state index contributed by atoms with van der Waals surface area (Å²) in [5, 5.41) is 3.12. The zero-order chi connectivity index (χ0) is 13.7. The quantitative estimate of drug-likeness (QED) is 0.929. The summed E-state index contributed by atoms with van der Waals surface area (Å²) in [6.45, 7) is 0.362. The van der Waals surface area contributed by atoms with Crippen LogP contribution < -0.4 is 10.1 Å². The van der Waals surface area contributed by atoms with E-state index in [1.165, 1.54) is 12.4 Å². The highest BCUT2D eigenvalue weighted by atomic mass is 35.5. The van der Waals surface area contributed by atoms with E-state index in [0.717, 1.165) is 5.56 Å². The summed E-state index contributed by atoms with van der Waals surface area (Å²) >= 11 is 5.91. The molecule has 0 aliphatic carbocycles. The fraction of sp³-hybridized carbons (Fsp3) is 0.154. The fourth-order valence-electron chi connectivity index (χ4n) is 1.46. The number of ether oxygens (including phenoxy) is 1. The van der Waals surface area contributed by atoms with Crippen molar-refractivity contribution >= 4 is 17.5 Å². The van der Waals surface area contributed by atoms with Gasteiger partial charge in [0.25, 0.3) is 5.91 Å². The second-order valence-corrected chi connectivity index (χ2v) is 4.15. The Bertz CT molecular complexity index is 572. The summed E-state index contributed by atoms with van der Waals surface area (Å²) in [6.07, 6.45) is 4.61. The van der Waals surface area contributed by atoms with Gasteiger partial charge < -0.3 is 10.1 Å². The van der Waals surface area contributed by atoms with E-state index >= 15 is 0 Å². The Hall–Kier alpha value is -2.14. The van der Waals surface area contributed by atoms with Gasteiger partial charge in [-0.05, 0) is 11.6 Å². The number of rotatable bonds is 4. The second kappa shape index (κ2) is 6.15. The normalized spacial score (nSPS) is 10.0. The van der Waals surface area contributed by atoms with Crippen LogP contribution in [0.15, 0.2) is 36.8 Å². The molecular formula is C13H12ClN3O2. The van der Waals surface area contributed by atoms with E-state index in [1.807, 2.05) is 6.07 Å². The predicted octanol–water partition coefficient (Wildman–Crippen LogP) is 2.07. The number of methoxy groups -OCH3 is 1. The van der Waals surface area contributed by atoms with Gasteiger partial charge in [-0.3, -0.25) is 9.78 Å². The molecule has 2 aromatic rings. The molecule has 0 unspecified atom stereocenters. The molecule has 1 amide bonds. The number of nitrogens with zero attached hydrogens (tertiary/aromatic N) is 2. The van der Waals surface area contributed by atoms with E-state index in [-0.39, 0.29) is 5.91 Å². The van der Waals surface area contributed by atoms with Crippen LogP contribution in [-0.4, -0.2) is 23.0 Å². The summed E-state index contributed by atoms with van der Waals surface area (Å²) in [6, 6.07) is 5.14. The van der Waals surface area contributed by atoms with Crippen LogP contribution in [0.5, 0.6) is 5.88 Å². The summed E-state index contributed by atoms with van der Waals surface area (Å²) in [5.41, 5.74) is 1.22. The smallest absolute Gasteiger partial charge is 0.254 e. The Morgan fingerprint density at radius 1 is 1.37 bits per heavy atom. The Balaban J connectivity index is 1.98. The van der Waals surface area contributed by atoms with Gasteiger partial charge in [-0.2, -0.15) is 0 Å². The molecule has 98 valence electrons. The van der Waals surface area contributed by atoms with Crippen LogP contribution >= 0.6 is 11.6 Å². The highest BCUT2D eigenvalue weighted by molar-refractivity contribution is 6.33. The van der Waals surface area contributed by atoms with Crippen LogP contribution in [0.4, 0.5) is 0 Å². The van der Waals surface area contributed by atoms with Crippen molar-refractivity contribution in [2.24, 2.45) is 0 Å². The lowest BCUT2D eigenvalue weighted by Gasteiger charge is -2.06. The number of aromatic nitrogens is 2. The molecule has 2 rings (SSSR count). The van der Waals surface area contributed by atoms with Crippen LogP contribution in [0.25, 0.3) is 0 Å². The monoisotopic (exact) mass is 277 g/mol. The maximum atomic E-state index is 11.9. The highest BCUT2D eigenvalue weighted by Gasteiger charge is 2.09. The van der Waals surface area contributed by atoms with Crippen LogP contribution in [-0.2, 0) is 6.54 Å². The molecule has 0 saturated heterocycles. The molecule has 0 aromatic carbocycles. The summed E-state index contributed by atoms with van der Waals surface area (Å²) in [5.74, 6) is 0.263. The first kappa shape index (κ1) is 13.3. The second-order valence-electron chi connectivity index (χ2n) is 3.75. The Labute approximate surface area is 115 Å². The number of hydrogen-bond acceptors (Lipinski definition) is 4. The van der Waals surface area contributed by atoms with Crippen molar-refractivity contribution in [1.82, 2.24) is 15.3 Å². The highest BCUT2D eigenvalue weighted by Crippen LogP contribution is 2.13. The number of amides is 1. The zero-order valence-corrected chi connectivity index (χ0v) is 11.0. The third kappa shape index (κ3) is 3.42. The van der Waals surface area contributed by atoms with Gasteiger partial charge in [0, 0.05) is 31.2 Å². The lowest BCUT2D eigenvalue weighted by molar-refractivity contribution is 0.0950. The van der Waals surface area contributed by atoms with E-state index in [0.29, 0.717) is 23.0 Å². The lowest BCUT2D eigenvalue weighted by atomic mass is 10.2. The van der Waals surface area contributed by atoms with Crippen molar-refractivity contribution in [2.75, 3.05) is 7.11 Å². The van der Waals surface area contributed by atoms with E-state index in [1.54, 1.807) is 25.4 Å². The molecule has 5 nitrogen and oxygen atoms in total. The van der Waals surface area contributed by atoms with Gasteiger partial charge in [0.1, 0.15) is 0 Å². The molecule has 0 fully saturated rings. The molecular weight excluding hydrogens is 266 g/mol. The number of pyridine rings is 2. The van der Waals surface area contributed by atoms with Gasteiger partial charge in [0.15, 0.2) is 0 Å². The molecule has 0 saturated carbocycles. The first-order chi connectivity index (χ1) is 9.20. The van der Waals surface area contributed by atoms with Crippen molar-refractivity contribution in [3.8, 4) is 5.88 Å². The predicted molar refractivity (Wildman–Crippen MR) is 71.2 cm³/mol. The molecule has 0 bridgehead atoms. The topological polar surface area (TPSA) is 64.1 Å². The van der Waals surface area contributed by atoms with Gasteiger partial charge >= 0.3 is 0 Å². The first-order valence-corrected chi connectivity index (χ1v) is 5.95. The third-order valence-electron chi connectivity index (χ3n) is 2.47. The minimum atomic E-state index is -0.270. The minimum Gasteiger partial charge on any atom is -0.481 e. The van der Waals surface area contributed by atoms with Gasteiger partial charge in [-0.1, -0.05) is 17.7 Å². The molecule has 2 heterocycles. The number of hydrogen-bond donors (Lipinski definition) is 1. The van der Waals surface area contributed by atoms with Crippen LogP contribution in [0, 0.1) is 0 Å². The Morgan fingerprint density at radius 3 is 2.84 bits per heavy atom. The minimum absolute atomic E-state index is 0.270. The maximum Gasteiger partial charge on any atom is 0.254 e. The number of nitrogens with one attached hydrogen (secondary N) is 1. The standard InChI is InChI=1S/C13H12ClN3O2/c1-19-12-3-2-9(6-16-12)7-17-13(18)10-8-15-5-4-11(10)14/h2-6,8H,7H2,1H3,(H,17,18). The third-order valence-corrected chi connectivity index (χ3v) is 2.80. The van der Waals surface area contributed by atoms with Crippen LogP contribution in [0.3, 0.4) is 0 Å². The molecule has 0 radical (unpaired) electrons. The van der Waals surface area contributed by atoms with Crippen molar-refractivity contribution in [3.63, 3.8) is 0 Å². The number of carbonyl (C=O) groups excluding carboxylic acids is 1. The Kier molecular flexibility index (Phi) is 4.30. The van der Waals surface area contributed by atoms with E-state index in [2.05, 4.69) is 15.3 Å². The molecule has 0 atom stereocenters. The van der Waals surface area contributed by atoms with Crippen LogP contribution in [0.2, 0.25) is 5.02 Å². The molecule has 0 spiro atoms. The van der Waals surface area contributed by atoms with Gasteiger partial charge in [-0.15, -0.1) is 0 Å². The average molecular weight is 278 g/mol. The van der Waals surface area contributed by atoms with E-state index in [4.69, 9.17) is 16.3 Å². The van der Waals surface area contributed by atoms with Crippen molar-refractivity contribution < 1.29 is 9.53 Å². The van der Waals surface area contributed by atoms with Crippen molar-refractivity contribution in [3.05, 3.63) is 52.9 Å². The average Bonchev–Trinajstić information content (AvgIpc) is 2.46. The molecule has 0 aliphatic rings. The summed E-state index contributed by atoms with van der Waals surface area (Å²) < 4.78 is 4.96. The first-order valence-electron chi connectivity index (χ1n) is 5.57. The lowest BCUT2D eigenvalue weighted by Crippen LogP contribution is -2.23. The van der Waals surface area contributed by atoms with Gasteiger partial charge in [0.2, 0.25) is 5.88 Å². The Morgan fingerprint density at radius 2 is 2.21 bits per heavy atom. The van der Waals surface area contributed by atoms with Gasteiger partial charge in [0.05, 0.1) is 17.7 Å². The maximum absolute atomic E-state index is 11.9. The fourth-order valence-corrected chi connectivity index (χ4v) is 1.65. The molecule has 19 heavy (non-hydrogen) atoms. The van der Waals surface area contributed by atoms with Gasteiger partial charge in [-0.25, -0.2) is 4.98 Å². The molecule has 2 aromatic heterocycles. The zero-order valence-electron chi connectivity index (χ0n) is 10.3. The number of carbonyl (C=O) groups is 1. The largest absolute Gasteiger partial charge is 0.481 e. The molecule has 1 N–H and O–H groups in total. The van der Waals surface area contributed by atoms with Crippen LogP contribution in [0.1, 0.15) is 15.9 Å². The van der Waals surface area contributed by atoms with Crippen molar-refractivity contribution in [1.29, 1.82) is 0 Å². The summed E-state index contributed by atoms with van der Waals surface area (Å²) in [7, 11) is 1.55. The molecule has 0 aliphatic heterocycles. The summed E-state index contributed by atoms with van der Waals surface area (Å²) in [4.78, 5) is 19.8. The van der Waals surface area contributed by atoms with E-state index in [9.17, 15) is 4.79 Å².